The van der Waals surface area contributed by atoms with Gasteiger partial charge in [-0.1, -0.05) is 6.42 Å². The zero-order valence-electron chi connectivity index (χ0n) is 9.60. The fraction of sp³-hybridized carbons (Fsp3) is 1.00. The smallest absolute Gasteiger partial charge is 0.0231 e. The zero-order chi connectivity index (χ0) is 10.8. The third kappa shape index (κ3) is 3.24. The number of hydrogen-bond donors (Lipinski definition) is 0. The first kappa shape index (κ1) is 12.4. The molecule has 0 spiro atoms. The molecule has 1 saturated carbocycles. The lowest BCUT2D eigenvalue weighted by atomic mass is 10.00. The van der Waals surface area contributed by atoms with Crippen molar-refractivity contribution in [3.8, 4) is 0 Å². The molecule has 1 aliphatic carbocycles. The summed E-state index contributed by atoms with van der Waals surface area (Å²) in [6.45, 7) is 0. The first-order valence-electron chi connectivity index (χ1n) is 6.36. The Morgan fingerprint density at radius 1 is 0.688 bits per heavy atom. The summed E-state index contributed by atoms with van der Waals surface area (Å²) in [7, 11) is 0. The molecule has 16 heavy (non-hydrogen) atoms. The SMILES string of the molecule is C1CC(SC2CSC2)CC(SC2CSC2)C1. The quantitative estimate of drug-likeness (QED) is 0.768. The maximum atomic E-state index is 2.32. The van der Waals surface area contributed by atoms with Crippen LogP contribution in [0.2, 0.25) is 0 Å². The monoisotopic (exact) mass is 292 g/mol. The van der Waals surface area contributed by atoms with Crippen molar-refractivity contribution >= 4 is 47.0 Å². The highest BCUT2D eigenvalue weighted by Gasteiger charge is 2.30. The van der Waals surface area contributed by atoms with E-state index in [9.17, 15) is 0 Å². The van der Waals surface area contributed by atoms with Crippen LogP contribution in [-0.4, -0.2) is 44.0 Å². The number of hydrogen-bond acceptors (Lipinski definition) is 4. The van der Waals surface area contributed by atoms with Crippen LogP contribution in [0.4, 0.5) is 0 Å². The lowest BCUT2D eigenvalue weighted by Gasteiger charge is -2.36. The molecule has 3 fully saturated rings. The fourth-order valence-corrected chi connectivity index (χ4v) is 8.25. The molecule has 92 valence electrons. The van der Waals surface area contributed by atoms with E-state index in [0.29, 0.717) is 0 Å². The van der Waals surface area contributed by atoms with Crippen molar-refractivity contribution in [3.05, 3.63) is 0 Å². The standard InChI is InChI=1S/C12H20S4/c1-2-9(15-11-5-13-6-11)4-10(3-1)16-12-7-14-8-12/h9-12H,1-8H2. The largest absolute Gasteiger partial charge is 0.160 e. The predicted molar refractivity (Wildman–Crippen MR) is 83.5 cm³/mol. The van der Waals surface area contributed by atoms with E-state index in [2.05, 4.69) is 47.0 Å². The van der Waals surface area contributed by atoms with Gasteiger partial charge >= 0.3 is 0 Å². The van der Waals surface area contributed by atoms with Crippen molar-refractivity contribution in [2.45, 2.75) is 46.7 Å². The van der Waals surface area contributed by atoms with Gasteiger partial charge in [-0.2, -0.15) is 47.0 Å². The minimum Gasteiger partial charge on any atom is -0.160 e. The van der Waals surface area contributed by atoms with Gasteiger partial charge in [-0.15, -0.1) is 0 Å². The molecule has 3 aliphatic rings. The van der Waals surface area contributed by atoms with E-state index in [1.807, 2.05) is 0 Å². The van der Waals surface area contributed by atoms with Crippen LogP contribution < -0.4 is 0 Å². The van der Waals surface area contributed by atoms with E-state index in [0.717, 1.165) is 21.0 Å². The molecule has 0 aromatic rings. The Kier molecular flexibility index (Phi) is 4.69. The molecular weight excluding hydrogens is 272 g/mol. The van der Waals surface area contributed by atoms with E-state index in [4.69, 9.17) is 0 Å². The lowest BCUT2D eigenvalue weighted by Crippen LogP contribution is -2.30. The Labute approximate surface area is 116 Å². The highest BCUT2D eigenvalue weighted by atomic mass is 32.2. The fourth-order valence-electron chi connectivity index (χ4n) is 2.48. The molecule has 2 heterocycles. The van der Waals surface area contributed by atoms with Crippen LogP contribution in [0.1, 0.15) is 25.7 Å². The van der Waals surface area contributed by atoms with Crippen molar-refractivity contribution in [2.24, 2.45) is 0 Å². The highest BCUT2D eigenvalue weighted by Crippen LogP contribution is 2.43. The second kappa shape index (κ2) is 6.03. The Hall–Kier alpha value is 1.40. The number of rotatable bonds is 4. The minimum absolute atomic E-state index is 1.00. The van der Waals surface area contributed by atoms with Gasteiger partial charge in [-0.25, -0.2) is 0 Å². The second-order valence-electron chi connectivity index (χ2n) is 5.00. The molecule has 0 amide bonds. The first-order chi connectivity index (χ1) is 7.90. The van der Waals surface area contributed by atoms with Crippen LogP contribution in [0.3, 0.4) is 0 Å². The molecule has 0 aromatic carbocycles. The number of thioether (sulfide) groups is 4. The summed E-state index contributed by atoms with van der Waals surface area (Å²) in [5, 5.41) is 4.03. The summed E-state index contributed by atoms with van der Waals surface area (Å²) >= 11 is 8.91. The van der Waals surface area contributed by atoms with Gasteiger partial charge in [0.2, 0.25) is 0 Å². The van der Waals surface area contributed by atoms with Gasteiger partial charge < -0.3 is 0 Å². The van der Waals surface area contributed by atoms with E-state index >= 15 is 0 Å². The Morgan fingerprint density at radius 3 is 1.56 bits per heavy atom. The van der Waals surface area contributed by atoms with Gasteiger partial charge in [0.05, 0.1) is 0 Å². The normalized spacial score (nSPS) is 36.8. The van der Waals surface area contributed by atoms with Crippen LogP contribution in [0.15, 0.2) is 0 Å². The molecule has 3 rings (SSSR count). The van der Waals surface area contributed by atoms with Gasteiger partial charge in [0.15, 0.2) is 0 Å². The maximum Gasteiger partial charge on any atom is 0.0231 e. The summed E-state index contributed by atoms with van der Waals surface area (Å²) in [6, 6.07) is 0. The lowest BCUT2D eigenvalue weighted by molar-refractivity contribution is 0.526. The molecule has 4 heteroatoms. The molecule has 2 unspecified atom stereocenters. The van der Waals surface area contributed by atoms with Crippen molar-refractivity contribution in [3.63, 3.8) is 0 Å². The molecule has 2 atom stereocenters. The van der Waals surface area contributed by atoms with E-state index < -0.39 is 0 Å². The van der Waals surface area contributed by atoms with Crippen molar-refractivity contribution in [2.75, 3.05) is 23.0 Å². The summed E-state index contributed by atoms with van der Waals surface area (Å²) in [5.41, 5.74) is 0. The first-order valence-corrected chi connectivity index (χ1v) is 10.6. The van der Waals surface area contributed by atoms with Gasteiger partial charge in [-0.3, -0.25) is 0 Å². The average Bonchev–Trinajstić information content (AvgIpc) is 2.18. The average molecular weight is 293 g/mol. The second-order valence-corrected chi connectivity index (χ2v) is 10.4. The third-order valence-electron chi connectivity index (χ3n) is 3.56. The molecular formula is C12H20S4. The molecule has 0 aromatic heterocycles. The maximum absolute atomic E-state index is 2.32. The molecule has 2 aliphatic heterocycles. The van der Waals surface area contributed by atoms with Crippen LogP contribution in [0.25, 0.3) is 0 Å². The van der Waals surface area contributed by atoms with Crippen molar-refractivity contribution in [1.82, 2.24) is 0 Å². The van der Waals surface area contributed by atoms with Gasteiger partial charge in [0.25, 0.3) is 0 Å². The van der Waals surface area contributed by atoms with E-state index in [-0.39, 0.29) is 0 Å². The van der Waals surface area contributed by atoms with E-state index in [1.54, 1.807) is 0 Å². The topological polar surface area (TPSA) is 0 Å². The summed E-state index contributed by atoms with van der Waals surface area (Å²) < 4.78 is 0. The summed E-state index contributed by atoms with van der Waals surface area (Å²) in [5.74, 6) is 5.72. The van der Waals surface area contributed by atoms with Gasteiger partial charge in [0, 0.05) is 44.0 Å². The molecule has 0 nitrogen and oxygen atoms in total. The summed E-state index contributed by atoms with van der Waals surface area (Å²) in [4.78, 5) is 0. The minimum atomic E-state index is 1.00. The molecule has 0 radical (unpaired) electrons. The van der Waals surface area contributed by atoms with Crippen molar-refractivity contribution < 1.29 is 0 Å². The van der Waals surface area contributed by atoms with Gasteiger partial charge in [0.1, 0.15) is 0 Å². The predicted octanol–water partition coefficient (Wildman–Crippen LogP) is 3.99. The van der Waals surface area contributed by atoms with Crippen molar-refractivity contribution in [1.29, 1.82) is 0 Å². The third-order valence-corrected chi connectivity index (χ3v) is 10.0. The molecule has 0 bridgehead atoms. The van der Waals surface area contributed by atoms with Crippen LogP contribution in [-0.2, 0) is 0 Å². The Bertz CT molecular complexity index is 203. The Balaban J connectivity index is 1.41. The summed E-state index contributed by atoms with van der Waals surface area (Å²) in [6.07, 6.45) is 6.01. The zero-order valence-corrected chi connectivity index (χ0v) is 12.9. The highest BCUT2D eigenvalue weighted by molar-refractivity contribution is 8.08. The molecule has 2 saturated heterocycles. The van der Waals surface area contributed by atoms with E-state index in [1.165, 1.54) is 48.7 Å². The molecule has 0 N–H and O–H groups in total. The van der Waals surface area contributed by atoms with Gasteiger partial charge in [-0.05, 0) is 19.3 Å². The van der Waals surface area contributed by atoms with Crippen LogP contribution in [0, 0.1) is 0 Å². The van der Waals surface area contributed by atoms with Crippen LogP contribution in [0.5, 0.6) is 0 Å². The Morgan fingerprint density at radius 2 is 1.19 bits per heavy atom. The van der Waals surface area contributed by atoms with Crippen LogP contribution >= 0.6 is 47.0 Å².